The van der Waals surface area contributed by atoms with Gasteiger partial charge in [-0.3, -0.25) is 0 Å². The van der Waals surface area contributed by atoms with Gasteiger partial charge in [0.25, 0.3) is 0 Å². The van der Waals surface area contributed by atoms with Crippen molar-refractivity contribution in [3.8, 4) is 0 Å². The summed E-state index contributed by atoms with van der Waals surface area (Å²) in [6, 6.07) is 0. The molecule has 0 radical (unpaired) electrons. The van der Waals surface area contributed by atoms with E-state index in [0.29, 0.717) is 5.41 Å². The zero-order chi connectivity index (χ0) is 10.9. The first kappa shape index (κ1) is 13.5. The van der Waals surface area contributed by atoms with Crippen LogP contribution in [0.3, 0.4) is 0 Å². The predicted octanol–water partition coefficient (Wildman–Crippen LogP) is 5.12. The quantitative estimate of drug-likeness (QED) is 0.407. The molecule has 0 aliphatic carbocycles. The van der Waals surface area contributed by atoms with Gasteiger partial charge in [-0.1, -0.05) is 71.3 Å². The fourth-order valence-corrected chi connectivity index (χ4v) is 1.21. The Kier molecular flexibility index (Phi) is 7.55. The summed E-state index contributed by atoms with van der Waals surface area (Å²) in [5.41, 5.74) is 0.312. The Morgan fingerprint density at radius 3 is 2.21 bits per heavy atom. The van der Waals surface area contributed by atoms with Gasteiger partial charge in [0, 0.05) is 0 Å². The summed E-state index contributed by atoms with van der Waals surface area (Å²) in [4.78, 5) is 0. The Morgan fingerprint density at radius 1 is 0.929 bits per heavy atom. The van der Waals surface area contributed by atoms with Crippen molar-refractivity contribution in [2.45, 2.75) is 59.8 Å². The van der Waals surface area contributed by atoms with E-state index in [1.165, 1.54) is 32.1 Å². The van der Waals surface area contributed by atoms with E-state index in [-0.39, 0.29) is 0 Å². The molecule has 0 heterocycles. The normalized spacial score (nSPS) is 13.1. The highest BCUT2D eigenvalue weighted by atomic mass is 14.1. The summed E-state index contributed by atoms with van der Waals surface area (Å²) < 4.78 is 0. The van der Waals surface area contributed by atoms with E-state index in [9.17, 15) is 0 Å². The van der Waals surface area contributed by atoms with Crippen LogP contribution in [0.1, 0.15) is 59.8 Å². The van der Waals surface area contributed by atoms with Gasteiger partial charge in [0.15, 0.2) is 0 Å². The number of unbranched alkanes of at least 4 members (excludes halogenated alkanes) is 4. The van der Waals surface area contributed by atoms with E-state index in [0.717, 1.165) is 0 Å². The number of allylic oxidation sites excluding steroid dienone is 4. The topological polar surface area (TPSA) is 0 Å². The molecule has 0 heteroatoms. The Bertz CT molecular complexity index is 167. The highest BCUT2D eigenvalue weighted by Gasteiger charge is 2.01. The van der Waals surface area contributed by atoms with Crippen LogP contribution in [0.15, 0.2) is 24.3 Å². The third-order valence-corrected chi connectivity index (χ3v) is 2.07. The number of hydrogen-bond acceptors (Lipinski definition) is 0. The lowest BCUT2D eigenvalue weighted by Gasteiger charge is -2.09. The maximum absolute atomic E-state index is 2.28. The van der Waals surface area contributed by atoms with Crippen LogP contribution < -0.4 is 0 Å². The van der Waals surface area contributed by atoms with Gasteiger partial charge in [-0.25, -0.2) is 0 Å². The first-order valence-corrected chi connectivity index (χ1v) is 5.90. The average Bonchev–Trinajstić information content (AvgIpc) is 2.08. The molecule has 0 N–H and O–H groups in total. The number of hydrogen-bond donors (Lipinski definition) is 0. The lowest BCUT2D eigenvalue weighted by Crippen LogP contribution is -1.97. The molecule has 0 atom stereocenters. The first-order valence-electron chi connectivity index (χ1n) is 5.90. The van der Waals surface area contributed by atoms with Crippen molar-refractivity contribution in [2.24, 2.45) is 5.41 Å². The van der Waals surface area contributed by atoms with Crippen molar-refractivity contribution < 1.29 is 0 Å². The highest BCUT2D eigenvalue weighted by Crippen LogP contribution is 2.14. The fourth-order valence-electron chi connectivity index (χ4n) is 1.21. The largest absolute Gasteiger partial charge is 0.0845 e. The molecule has 0 saturated carbocycles. The van der Waals surface area contributed by atoms with Crippen molar-refractivity contribution in [3.05, 3.63) is 24.3 Å². The van der Waals surface area contributed by atoms with E-state index in [1.807, 2.05) is 0 Å². The number of rotatable bonds is 6. The first-order chi connectivity index (χ1) is 6.56. The van der Waals surface area contributed by atoms with E-state index < -0.39 is 0 Å². The van der Waals surface area contributed by atoms with Gasteiger partial charge in [0.2, 0.25) is 0 Å². The standard InChI is InChI=1S/C14H26/c1-5-6-7-8-9-10-11-12-13-14(2,3)4/h10-13H,5-9H2,1-4H3/b11-10-,13-12-. The molecule has 0 amide bonds. The van der Waals surface area contributed by atoms with E-state index in [2.05, 4.69) is 52.0 Å². The Labute approximate surface area is 90.1 Å². The van der Waals surface area contributed by atoms with Crippen LogP contribution in [0.2, 0.25) is 0 Å². The van der Waals surface area contributed by atoms with Gasteiger partial charge in [0.05, 0.1) is 0 Å². The summed E-state index contributed by atoms with van der Waals surface area (Å²) in [6.45, 7) is 8.91. The van der Waals surface area contributed by atoms with Gasteiger partial charge in [0.1, 0.15) is 0 Å². The smallest absolute Gasteiger partial charge is 0.0200 e. The molecule has 0 aromatic rings. The fraction of sp³-hybridized carbons (Fsp3) is 0.714. The molecule has 0 fully saturated rings. The Hall–Kier alpha value is -0.520. The van der Waals surface area contributed by atoms with Crippen molar-refractivity contribution >= 4 is 0 Å². The molecule has 0 rings (SSSR count). The summed E-state index contributed by atoms with van der Waals surface area (Å²) in [5.74, 6) is 0. The van der Waals surface area contributed by atoms with Crippen LogP contribution in [0.25, 0.3) is 0 Å². The summed E-state index contributed by atoms with van der Waals surface area (Å²) in [5, 5.41) is 0. The lowest BCUT2D eigenvalue weighted by molar-refractivity contribution is 0.544. The third-order valence-electron chi connectivity index (χ3n) is 2.07. The summed E-state index contributed by atoms with van der Waals surface area (Å²) in [7, 11) is 0. The molecule has 0 spiro atoms. The molecule has 0 aromatic carbocycles. The Morgan fingerprint density at radius 2 is 1.64 bits per heavy atom. The molecule has 14 heavy (non-hydrogen) atoms. The van der Waals surface area contributed by atoms with Crippen molar-refractivity contribution in [2.75, 3.05) is 0 Å². The molecule has 0 aromatic heterocycles. The maximum Gasteiger partial charge on any atom is -0.0200 e. The molecule has 82 valence electrons. The summed E-state index contributed by atoms with van der Waals surface area (Å²) in [6.07, 6.45) is 15.5. The van der Waals surface area contributed by atoms with Gasteiger partial charge in [-0.15, -0.1) is 0 Å². The molecule has 0 nitrogen and oxygen atoms in total. The van der Waals surface area contributed by atoms with Gasteiger partial charge >= 0.3 is 0 Å². The highest BCUT2D eigenvalue weighted by molar-refractivity contribution is 5.05. The summed E-state index contributed by atoms with van der Waals surface area (Å²) >= 11 is 0. The monoisotopic (exact) mass is 194 g/mol. The minimum Gasteiger partial charge on any atom is -0.0845 e. The van der Waals surface area contributed by atoms with Gasteiger partial charge in [-0.2, -0.15) is 0 Å². The molecule has 0 aliphatic rings. The second-order valence-corrected chi connectivity index (χ2v) is 5.00. The van der Waals surface area contributed by atoms with E-state index in [4.69, 9.17) is 0 Å². The molecule has 0 bridgehead atoms. The van der Waals surface area contributed by atoms with Crippen LogP contribution in [0, 0.1) is 5.41 Å². The average molecular weight is 194 g/mol. The van der Waals surface area contributed by atoms with Crippen LogP contribution in [-0.2, 0) is 0 Å². The van der Waals surface area contributed by atoms with Crippen LogP contribution in [0.5, 0.6) is 0 Å². The zero-order valence-corrected chi connectivity index (χ0v) is 10.3. The van der Waals surface area contributed by atoms with Crippen molar-refractivity contribution in [1.29, 1.82) is 0 Å². The zero-order valence-electron chi connectivity index (χ0n) is 10.3. The van der Waals surface area contributed by atoms with E-state index >= 15 is 0 Å². The predicted molar refractivity (Wildman–Crippen MR) is 66.5 cm³/mol. The maximum atomic E-state index is 2.28. The SMILES string of the molecule is CCCCCC/C=C\C=C/C(C)(C)C. The minimum absolute atomic E-state index is 0.312. The second kappa shape index (κ2) is 7.84. The minimum atomic E-state index is 0.312. The molecule has 0 unspecified atom stereocenters. The molecule has 0 saturated heterocycles. The molecule has 0 aliphatic heterocycles. The molecular formula is C14H26. The third kappa shape index (κ3) is 11.5. The van der Waals surface area contributed by atoms with E-state index in [1.54, 1.807) is 0 Å². The van der Waals surface area contributed by atoms with Gasteiger partial charge < -0.3 is 0 Å². The van der Waals surface area contributed by atoms with Crippen molar-refractivity contribution in [3.63, 3.8) is 0 Å². The second-order valence-electron chi connectivity index (χ2n) is 5.00. The molecular weight excluding hydrogens is 168 g/mol. The van der Waals surface area contributed by atoms with Crippen molar-refractivity contribution in [1.82, 2.24) is 0 Å². The lowest BCUT2D eigenvalue weighted by atomic mass is 9.96. The van der Waals surface area contributed by atoms with Gasteiger partial charge in [-0.05, 0) is 18.3 Å². The Balaban J connectivity index is 3.41. The van der Waals surface area contributed by atoms with Crippen LogP contribution in [0.4, 0.5) is 0 Å². The van der Waals surface area contributed by atoms with Crippen LogP contribution >= 0.6 is 0 Å². The van der Waals surface area contributed by atoms with Crippen LogP contribution in [-0.4, -0.2) is 0 Å².